The van der Waals surface area contributed by atoms with Crippen LogP contribution in [0.25, 0.3) is 10.7 Å². The fourth-order valence-corrected chi connectivity index (χ4v) is 2.99. The van der Waals surface area contributed by atoms with Gasteiger partial charge >= 0.3 is 6.18 Å². The zero-order valence-electron chi connectivity index (χ0n) is 11.8. The average Bonchev–Trinajstić information content (AvgIpc) is 3.07. The normalized spacial score (nSPS) is 11.9. The monoisotopic (exact) mass is 358 g/mol. The first-order valence-corrected chi connectivity index (χ1v) is 7.75. The lowest BCUT2D eigenvalue weighted by molar-refractivity contribution is -0.140. The molecule has 3 heterocycles. The van der Waals surface area contributed by atoms with Crippen LogP contribution in [0, 0.1) is 6.92 Å². The van der Waals surface area contributed by atoms with Crippen molar-refractivity contribution >= 4 is 22.9 Å². The predicted molar refractivity (Wildman–Crippen MR) is 81.4 cm³/mol. The quantitative estimate of drug-likeness (QED) is 0.695. The number of nitrogens with zero attached hydrogens (tertiary/aromatic N) is 4. The minimum atomic E-state index is -4.51. The summed E-state index contributed by atoms with van der Waals surface area (Å²) in [4.78, 5) is 12.4. The summed E-state index contributed by atoms with van der Waals surface area (Å²) in [5, 5.41) is 2.23. The summed E-state index contributed by atoms with van der Waals surface area (Å²) < 4.78 is 40.3. The van der Waals surface area contributed by atoms with Crippen LogP contribution in [0.15, 0.2) is 30.0 Å². The lowest BCUT2D eigenvalue weighted by Crippen LogP contribution is -2.06. The van der Waals surface area contributed by atoms with Crippen molar-refractivity contribution in [3.05, 3.63) is 52.1 Å². The van der Waals surface area contributed by atoms with E-state index in [0.29, 0.717) is 15.7 Å². The molecular formula is C14H10ClF3N4S. The van der Waals surface area contributed by atoms with Gasteiger partial charge in [0, 0.05) is 18.6 Å². The van der Waals surface area contributed by atoms with Crippen LogP contribution in [0.2, 0.25) is 5.02 Å². The highest BCUT2D eigenvalue weighted by molar-refractivity contribution is 7.13. The number of aryl methyl sites for hydroxylation is 1. The second-order valence-corrected chi connectivity index (χ2v) is 6.23. The Morgan fingerprint density at radius 1 is 1.26 bits per heavy atom. The molecule has 9 heteroatoms. The summed E-state index contributed by atoms with van der Waals surface area (Å²) in [5.74, 6) is 0.601. The van der Waals surface area contributed by atoms with E-state index in [9.17, 15) is 13.2 Å². The van der Waals surface area contributed by atoms with E-state index in [1.165, 1.54) is 28.3 Å². The number of rotatable bonds is 3. The predicted octanol–water partition coefficient (Wildman–Crippen LogP) is 4.43. The van der Waals surface area contributed by atoms with Crippen LogP contribution in [0.4, 0.5) is 13.2 Å². The van der Waals surface area contributed by atoms with Gasteiger partial charge in [0.05, 0.1) is 16.4 Å². The van der Waals surface area contributed by atoms with Gasteiger partial charge in [-0.1, -0.05) is 11.6 Å². The Hall–Kier alpha value is -1.93. The van der Waals surface area contributed by atoms with E-state index >= 15 is 0 Å². The van der Waals surface area contributed by atoms with Gasteiger partial charge in [-0.2, -0.15) is 13.2 Å². The molecule has 0 saturated carbocycles. The van der Waals surface area contributed by atoms with Crippen LogP contribution in [0.3, 0.4) is 0 Å². The molecule has 0 saturated heterocycles. The van der Waals surface area contributed by atoms with Crippen molar-refractivity contribution < 1.29 is 13.2 Å². The minimum absolute atomic E-state index is 0.0759. The topological polar surface area (TPSA) is 43.6 Å². The number of imidazole rings is 1. The van der Waals surface area contributed by atoms with Gasteiger partial charge in [-0.25, -0.2) is 15.0 Å². The zero-order valence-corrected chi connectivity index (χ0v) is 13.4. The lowest BCUT2D eigenvalue weighted by Gasteiger charge is -2.05. The van der Waals surface area contributed by atoms with Crippen molar-refractivity contribution in [3.8, 4) is 10.7 Å². The SMILES string of the molecule is Cc1csc(-c2nc(C(F)(F)F)cn2Cc2ncc(Cl)cn2)c1. The number of hydrogen-bond acceptors (Lipinski definition) is 4. The largest absolute Gasteiger partial charge is 0.434 e. The van der Waals surface area contributed by atoms with Gasteiger partial charge in [-0.05, 0) is 23.9 Å². The molecule has 4 nitrogen and oxygen atoms in total. The van der Waals surface area contributed by atoms with Gasteiger partial charge in [-0.15, -0.1) is 11.3 Å². The smallest absolute Gasteiger partial charge is 0.322 e. The highest BCUT2D eigenvalue weighted by Crippen LogP contribution is 2.33. The molecule has 23 heavy (non-hydrogen) atoms. The van der Waals surface area contributed by atoms with Crippen molar-refractivity contribution in [1.82, 2.24) is 19.5 Å². The Labute approximate surface area is 138 Å². The molecule has 120 valence electrons. The maximum absolute atomic E-state index is 13.0. The van der Waals surface area contributed by atoms with Crippen molar-refractivity contribution in [2.24, 2.45) is 0 Å². The number of thiophene rings is 1. The molecule has 0 N–H and O–H groups in total. The molecule has 0 amide bonds. The molecule has 0 aromatic carbocycles. The van der Waals surface area contributed by atoms with Gasteiger partial charge < -0.3 is 4.57 Å². The van der Waals surface area contributed by atoms with E-state index in [-0.39, 0.29) is 12.4 Å². The highest BCUT2D eigenvalue weighted by Gasteiger charge is 2.35. The third kappa shape index (κ3) is 3.53. The van der Waals surface area contributed by atoms with E-state index in [2.05, 4.69) is 15.0 Å². The standard InChI is InChI=1S/C14H10ClF3N4S/c1-8-2-10(23-7-8)13-21-11(14(16,17)18)5-22(13)6-12-19-3-9(15)4-20-12/h2-5,7H,6H2,1H3. The van der Waals surface area contributed by atoms with Crippen molar-refractivity contribution in [2.75, 3.05) is 0 Å². The molecule has 3 aromatic rings. The Morgan fingerprint density at radius 3 is 2.52 bits per heavy atom. The molecule has 3 rings (SSSR count). The van der Waals surface area contributed by atoms with Crippen LogP contribution in [-0.4, -0.2) is 19.5 Å². The summed E-state index contributed by atoms with van der Waals surface area (Å²) in [5.41, 5.74) is 0.0309. The van der Waals surface area contributed by atoms with Crippen LogP contribution in [0.1, 0.15) is 17.1 Å². The van der Waals surface area contributed by atoms with Crippen LogP contribution in [-0.2, 0) is 12.7 Å². The minimum Gasteiger partial charge on any atom is -0.322 e. The third-order valence-corrected chi connectivity index (χ3v) is 4.24. The van der Waals surface area contributed by atoms with E-state index < -0.39 is 11.9 Å². The van der Waals surface area contributed by atoms with Gasteiger partial charge in [-0.3, -0.25) is 0 Å². The Balaban J connectivity index is 2.03. The van der Waals surface area contributed by atoms with Gasteiger partial charge in [0.15, 0.2) is 11.5 Å². The first-order chi connectivity index (χ1) is 10.8. The fraction of sp³-hybridized carbons (Fsp3) is 0.214. The molecule has 0 spiro atoms. The van der Waals surface area contributed by atoms with Crippen LogP contribution >= 0.6 is 22.9 Å². The third-order valence-electron chi connectivity index (χ3n) is 3.00. The molecule has 0 bridgehead atoms. The van der Waals surface area contributed by atoms with Crippen molar-refractivity contribution in [2.45, 2.75) is 19.6 Å². The van der Waals surface area contributed by atoms with Crippen LogP contribution in [0.5, 0.6) is 0 Å². The average molecular weight is 359 g/mol. The van der Waals surface area contributed by atoms with Gasteiger partial charge in [0.1, 0.15) is 5.82 Å². The van der Waals surface area contributed by atoms with Crippen molar-refractivity contribution in [3.63, 3.8) is 0 Å². The molecule has 0 radical (unpaired) electrons. The molecule has 0 aliphatic heterocycles. The molecular weight excluding hydrogens is 349 g/mol. The molecule has 0 unspecified atom stereocenters. The Bertz CT molecular complexity index is 823. The molecule has 0 atom stereocenters. The summed E-state index contributed by atoms with van der Waals surface area (Å²) in [7, 11) is 0. The van der Waals surface area contributed by atoms with E-state index in [4.69, 9.17) is 11.6 Å². The van der Waals surface area contributed by atoms with Gasteiger partial charge in [0.2, 0.25) is 0 Å². The second kappa shape index (κ2) is 5.93. The number of aromatic nitrogens is 4. The Kier molecular flexibility index (Phi) is 4.11. The Morgan fingerprint density at radius 2 is 1.96 bits per heavy atom. The van der Waals surface area contributed by atoms with Gasteiger partial charge in [0.25, 0.3) is 0 Å². The maximum atomic E-state index is 13.0. The molecule has 3 aromatic heterocycles. The maximum Gasteiger partial charge on any atom is 0.434 e. The van der Waals surface area contributed by atoms with E-state index in [1.807, 2.05) is 12.3 Å². The molecule has 0 aliphatic carbocycles. The van der Waals surface area contributed by atoms with Crippen LogP contribution < -0.4 is 0 Å². The van der Waals surface area contributed by atoms with E-state index in [1.54, 1.807) is 6.07 Å². The number of hydrogen-bond donors (Lipinski definition) is 0. The number of alkyl halides is 3. The first kappa shape index (κ1) is 15.9. The molecule has 0 fully saturated rings. The lowest BCUT2D eigenvalue weighted by atomic mass is 10.3. The summed E-state index contributed by atoms with van der Waals surface area (Å²) >= 11 is 7.06. The zero-order chi connectivity index (χ0) is 16.6. The summed E-state index contributed by atoms with van der Waals surface area (Å²) in [6, 6.07) is 1.80. The summed E-state index contributed by atoms with van der Waals surface area (Å²) in [6.45, 7) is 1.95. The first-order valence-electron chi connectivity index (χ1n) is 6.49. The number of halogens is 4. The highest BCUT2D eigenvalue weighted by atomic mass is 35.5. The van der Waals surface area contributed by atoms with E-state index in [0.717, 1.165) is 11.8 Å². The van der Waals surface area contributed by atoms with Crippen molar-refractivity contribution in [1.29, 1.82) is 0 Å². The molecule has 0 aliphatic rings. The summed E-state index contributed by atoms with van der Waals surface area (Å²) in [6.07, 6.45) is -0.726. The second-order valence-electron chi connectivity index (χ2n) is 4.88. The fourth-order valence-electron chi connectivity index (χ4n) is 1.99.